The molecule has 2 amide bonds. The lowest BCUT2D eigenvalue weighted by Crippen LogP contribution is -2.42. The first-order valence-electron chi connectivity index (χ1n) is 8.17. The molecular formula is C16H26N2O3. The second kappa shape index (κ2) is 5.69. The SMILES string of the molecule is CC(C)CCN1C(=O)C[C@@H](N2CC[C@@]3(CCOC3)C2)C1=O. The summed E-state index contributed by atoms with van der Waals surface area (Å²) in [7, 11) is 0. The van der Waals surface area contributed by atoms with Crippen molar-refractivity contribution in [1.82, 2.24) is 9.80 Å². The minimum absolute atomic E-state index is 0.00859. The smallest absolute Gasteiger partial charge is 0.247 e. The molecule has 3 rings (SSSR count). The molecule has 118 valence electrons. The summed E-state index contributed by atoms with van der Waals surface area (Å²) in [5.41, 5.74) is 0.245. The molecule has 5 heteroatoms. The third-order valence-corrected chi connectivity index (χ3v) is 5.24. The Kier molecular flexibility index (Phi) is 4.06. The maximum atomic E-state index is 12.6. The Balaban J connectivity index is 1.62. The van der Waals surface area contributed by atoms with Crippen LogP contribution >= 0.6 is 0 Å². The van der Waals surface area contributed by atoms with Crippen molar-refractivity contribution in [2.75, 3.05) is 32.8 Å². The number of hydrogen-bond donors (Lipinski definition) is 0. The Bertz CT molecular complexity index is 429. The van der Waals surface area contributed by atoms with Crippen molar-refractivity contribution >= 4 is 11.8 Å². The van der Waals surface area contributed by atoms with E-state index >= 15 is 0 Å². The molecule has 0 radical (unpaired) electrons. The van der Waals surface area contributed by atoms with Crippen molar-refractivity contribution in [3.8, 4) is 0 Å². The topological polar surface area (TPSA) is 49.9 Å². The number of rotatable bonds is 4. The molecule has 0 N–H and O–H groups in total. The van der Waals surface area contributed by atoms with Gasteiger partial charge >= 0.3 is 0 Å². The number of ether oxygens (including phenoxy) is 1. The van der Waals surface area contributed by atoms with E-state index in [1.165, 1.54) is 4.90 Å². The summed E-state index contributed by atoms with van der Waals surface area (Å²) in [5.74, 6) is 0.543. The lowest BCUT2D eigenvalue weighted by molar-refractivity contribution is -0.139. The van der Waals surface area contributed by atoms with E-state index in [0.29, 0.717) is 18.9 Å². The van der Waals surface area contributed by atoms with Gasteiger partial charge in [0, 0.05) is 25.1 Å². The van der Waals surface area contributed by atoms with E-state index in [-0.39, 0.29) is 23.3 Å². The van der Waals surface area contributed by atoms with E-state index in [1.807, 2.05) is 0 Å². The minimum atomic E-state index is -0.218. The standard InChI is InChI=1S/C16H26N2O3/c1-12(2)3-6-18-14(19)9-13(15(18)20)17-7-4-16(10-17)5-8-21-11-16/h12-13H,3-11H2,1-2H3/t13-,16-/m1/s1. The van der Waals surface area contributed by atoms with E-state index in [4.69, 9.17) is 4.74 Å². The number of likely N-dealkylation sites (tertiary alicyclic amines) is 2. The first-order valence-corrected chi connectivity index (χ1v) is 8.17. The maximum Gasteiger partial charge on any atom is 0.247 e. The van der Waals surface area contributed by atoms with Crippen molar-refractivity contribution in [3.05, 3.63) is 0 Å². The van der Waals surface area contributed by atoms with Crippen LogP contribution in [0.2, 0.25) is 0 Å². The average molecular weight is 294 g/mol. The summed E-state index contributed by atoms with van der Waals surface area (Å²) in [6, 6.07) is -0.218. The molecule has 21 heavy (non-hydrogen) atoms. The molecule has 0 saturated carbocycles. The number of hydrogen-bond acceptors (Lipinski definition) is 4. The average Bonchev–Trinajstić information content (AvgIpc) is 3.12. The second-order valence-electron chi connectivity index (χ2n) is 7.31. The fourth-order valence-electron chi connectivity index (χ4n) is 3.78. The first-order chi connectivity index (χ1) is 10.0. The van der Waals surface area contributed by atoms with Crippen LogP contribution in [0.4, 0.5) is 0 Å². The molecule has 3 aliphatic heterocycles. The van der Waals surface area contributed by atoms with Crippen LogP contribution in [0, 0.1) is 11.3 Å². The third-order valence-electron chi connectivity index (χ3n) is 5.24. The molecule has 1 spiro atoms. The van der Waals surface area contributed by atoms with Gasteiger partial charge in [-0.2, -0.15) is 0 Å². The van der Waals surface area contributed by atoms with Crippen molar-refractivity contribution < 1.29 is 14.3 Å². The van der Waals surface area contributed by atoms with E-state index in [2.05, 4.69) is 18.7 Å². The van der Waals surface area contributed by atoms with E-state index in [0.717, 1.165) is 45.6 Å². The Morgan fingerprint density at radius 2 is 2.14 bits per heavy atom. The summed E-state index contributed by atoms with van der Waals surface area (Å²) in [4.78, 5) is 28.4. The predicted octanol–water partition coefficient (Wildman–Crippen LogP) is 1.27. The van der Waals surface area contributed by atoms with Gasteiger partial charge < -0.3 is 4.74 Å². The number of amides is 2. The Morgan fingerprint density at radius 1 is 1.33 bits per heavy atom. The molecule has 0 aliphatic carbocycles. The Hall–Kier alpha value is -0.940. The second-order valence-corrected chi connectivity index (χ2v) is 7.31. The molecule has 3 heterocycles. The quantitative estimate of drug-likeness (QED) is 0.733. The van der Waals surface area contributed by atoms with Crippen LogP contribution in [0.5, 0.6) is 0 Å². The van der Waals surface area contributed by atoms with Crippen LogP contribution in [0.3, 0.4) is 0 Å². The van der Waals surface area contributed by atoms with Crippen LogP contribution < -0.4 is 0 Å². The van der Waals surface area contributed by atoms with Crippen molar-refractivity contribution in [2.45, 2.75) is 45.6 Å². The van der Waals surface area contributed by atoms with Crippen molar-refractivity contribution in [2.24, 2.45) is 11.3 Å². The highest BCUT2D eigenvalue weighted by molar-refractivity contribution is 6.05. The van der Waals surface area contributed by atoms with Crippen LogP contribution in [0.1, 0.15) is 39.5 Å². The minimum Gasteiger partial charge on any atom is -0.381 e. The first kappa shape index (κ1) is 15.0. The Labute approximate surface area is 126 Å². The van der Waals surface area contributed by atoms with Gasteiger partial charge in [0.25, 0.3) is 0 Å². The van der Waals surface area contributed by atoms with Gasteiger partial charge in [0.1, 0.15) is 0 Å². The zero-order chi connectivity index (χ0) is 15.0. The molecule has 3 saturated heterocycles. The van der Waals surface area contributed by atoms with Crippen LogP contribution in [0.15, 0.2) is 0 Å². The fraction of sp³-hybridized carbons (Fsp3) is 0.875. The molecule has 0 aromatic carbocycles. The normalized spacial score (nSPS) is 34.0. The molecular weight excluding hydrogens is 268 g/mol. The van der Waals surface area contributed by atoms with Gasteiger partial charge in [-0.15, -0.1) is 0 Å². The highest BCUT2D eigenvalue weighted by Crippen LogP contribution is 2.40. The molecule has 0 bridgehead atoms. The molecule has 0 aromatic heterocycles. The van der Waals surface area contributed by atoms with Gasteiger partial charge in [-0.25, -0.2) is 0 Å². The predicted molar refractivity (Wildman–Crippen MR) is 78.6 cm³/mol. The zero-order valence-electron chi connectivity index (χ0n) is 13.1. The largest absolute Gasteiger partial charge is 0.381 e. The summed E-state index contributed by atoms with van der Waals surface area (Å²) < 4.78 is 5.54. The van der Waals surface area contributed by atoms with Crippen LogP contribution in [-0.2, 0) is 14.3 Å². The van der Waals surface area contributed by atoms with Gasteiger partial charge in [-0.3, -0.25) is 19.4 Å². The lowest BCUT2D eigenvalue weighted by atomic mass is 9.87. The zero-order valence-corrected chi connectivity index (χ0v) is 13.1. The number of imide groups is 1. The monoisotopic (exact) mass is 294 g/mol. The fourth-order valence-corrected chi connectivity index (χ4v) is 3.78. The van der Waals surface area contributed by atoms with Crippen LogP contribution in [-0.4, -0.2) is 60.5 Å². The Morgan fingerprint density at radius 3 is 2.81 bits per heavy atom. The molecule has 3 fully saturated rings. The molecule has 5 nitrogen and oxygen atoms in total. The lowest BCUT2D eigenvalue weighted by Gasteiger charge is -2.25. The van der Waals surface area contributed by atoms with Gasteiger partial charge in [0.05, 0.1) is 19.1 Å². The van der Waals surface area contributed by atoms with E-state index in [9.17, 15) is 9.59 Å². The van der Waals surface area contributed by atoms with Crippen LogP contribution in [0.25, 0.3) is 0 Å². The van der Waals surface area contributed by atoms with Crippen molar-refractivity contribution in [3.63, 3.8) is 0 Å². The van der Waals surface area contributed by atoms with E-state index in [1.54, 1.807) is 0 Å². The maximum absolute atomic E-state index is 12.6. The van der Waals surface area contributed by atoms with Gasteiger partial charge in [-0.1, -0.05) is 13.8 Å². The van der Waals surface area contributed by atoms with Gasteiger partial charge in [0.2, 0.25) is 11.8 Å². The summed E-state index contributed by atoms with van der Waals surface area (Å²) >= 11 is 0. The number of carbonyl (C=O) groups excluding carboxylic acids is 2. The highest BCUT2D eigenvalue weighted by Gasteiger charge is 2.48. The highest BCUT2D eigenvalue weighted by atomic mass is 16.5. The summed E-state index contributed by atoms with van der Waals surface area (Å²) in [6.07, 6.45) is 3.45. The molecule has 2 atom stereocenters. The summed E-state index contributed by atoms with van der Waals surface area (Å²) in [5, 5.41) is 0. The third kappa shape index (κ3) is 2.86. The number of carbonyl (C=O) groups is 2. The number of nitrogens with zero attached hydrogens (tertiary/aromatic N) is 2. The van der Waals surface area contributed by atoms with Crippen molar-refractivity contribution in [1.29, 1.82) is 0 Å². The molecule has 0 aromatic rings. The molecule has 3 aliphatic rings. The van der Waals surface area contributed by atoms with E-state index < -0.39 is 0 Å². The van der Waals surface area contributed by atoms with Gasteiger partial charge in [0.15, 0.2) is 0 Å². The van der Waals surface area contributed by atoms with Gasteiger partial charge in [-0.05, 0) is 31.7 Å². The molecule has 0 unspecified atom stereocenters. The summed E-state index contributed by atoms with van der Waals surface area (Å²) in [6.45, 7) is 8.30.